The van der Waals surface area contributed by atoms with Gasteiger partial charge in [-0.1, -0.05) is 28.1 Å². The van der Waals surface area contributed by atoms with E-state index in [2.05, 4.69) is 26.2 Å². The Bertz CT molecular complexity index is 606. The molecule has 0 aliphatic carbocycles. The fourth-order valence-electron chi connectivity index (χ4n) is 2.23. The van der Waals surface area contributed by atoms with E-state index in [-0.39, 0.29) is 0 Å². The number of hydrogen-bond donors (Lipinski definition) is 1. The van der Waals surface area contributed by atoms with Crippen molar-refractivity contribution in [2.75, 3.05) is 11.9 Å². The molecular weight excluding hydrogens is 294 g/mol. The van der Waals surface area contributed by atoms with Crippen molar-refractivity contribution in [2.24, 2.45) is 0 Å². The fourth-order valence-corrected chi connectivity index (χ4v) is 2.63. The number of hydrogen-bond acceptors (Lipinski definition) is 3. The minimum atomic E-state index is 0.648. The summed E-state index contributed by atoms with van der Waals surface area (Å²) in [7, 11) is 0. The van der Waals surface area contributed by atoms with Crippen LogP contribution in [0.15, 0.2) is 28.7 Å². The van der Waals surface area contributed by atoms with Crippen molar-refractivity contribution in [1.82, 2.24) is 9.55 Å². The Kier molecular flexibility index (Phi) is 2.91. The maximum atomic E-state index is 11.3. The van der Waals surface area contributed by atoms with Crippen molar-refractivity contribution in [1.29, 1.82) is 0 Å². The zero-order valence-corrected chi connectivity index (χ0v) is 11.3. The van der Waals surface area contributed by atoms with Gasteiger partial charge in [0.1, 0.15) is 11.4 Å². The van der Waals surface area contributed by atoms with Crippen LogP contribution in [0.2, 0.25) is 0 Å². The molecule has 1 aromatic heterocycles. The van der Waals surface area contributed by atoms with Crippen LogP contribution < -0.4 is 5.32 Å². The largest absolute Gasteiger partial charge is 0.356 e. The van der Waals surface area contributed by atoms with Gasteiger partial charge < -0.3 is 9.88 Å². The molecule has 0 atom stereocenters. The molecule has 0 saturated carbocycles. The molecule has 3 rings (SSSR count). The minimum absolute atomic E-state index is 0.648. The number of nitrogens with one attached hydrogen (secondary N) is 1. The molecule has 1 N–H and O–H groups in total. The Morgan fingerprint density at radius 1 is 1.44 bits per heavy atom. The maximum absolute atomic E-state index is 11.3. The molecule has 5 heteroatoms. The van der Waals surface area contributed by atoms with Gasteiger partial charge in [-0.3, -0.25) is 4.79 Å². The summed E-state index contributed by atoms with van der Waals surface area (Å²) < 4.78 is 2.93. The number of imidazole rings is 1. The number of halogens is 1. The smallest absolute Gasteiger partial charge is 0.203 e. The fraction of sp³-hybridized carbons (Fsp3) is 0.231. The van der Waals surface area contributed by atoms with Gasteiger partial charge in [-0.25, -0.2) is 4.98 Å². The van der Waals surface area contributed by atoms with Gasteiger partial charge in [0.25, 0.3) is 0 Å². The van der Waals surface area contributed by atoms with Gasteiger partial charge in [0.05, 0.1) is 0 Å². The molecule has 18 heavy (non-hydrogen) atoms. The van der Waals surface area contributed by atoms with Crippen molar-refractivity contribution in [2.45, 2.75) is 13.0 Å². The summed E-state index contributed by atoms with van der Waals surface area (Å²) in [6.07, 6.45) is 1.90. The first-order valence-corrected chi connectivity index (χ1v) is 6.64. The van der Waals surface area contributed by atoms with Crippen molar-refractivity contribution in [3.63, 3.8) is 0 Å². The molecule has 0 spiro atoms. The first-order chi connectivity index (χ1) is 8.79. The van der Waals surface area contributed by atoms with E-state index >= 15 is 0 Å². The van der Waals surface area contributed by atoms with Crippen LogP contribution in [-0.4, -0.2) is 22.4 Å². The third-order valence-electron chi connectivity index (χ3n) is 3.06. The molecular formula is C13H12BrN3O. The first-order valence-electron chi connectivity index (χ1n) is 5.85. The monoisotopic (exact) mass is 305 g/mol. The number of benzene rings is 1. The van der Waals surface area contributed by atoms with Crippen molar-refractivity contribution < 1.29 is 4.79 Å². The van der Waals surface area contributed by atoms with Crippen LogP contribution in [0.3, 0.4) is 0 Å². The predicted octanol–water partition coefficient (Wildman–Crippen LogP) is 2.94. The third-order valence-corrected chi connectivity index (χ3v) is 3.55. The van der Waals surface area contributed by atoms with Gasteiger partial charge in [0, 0.05) is 23.1 Å². The maximum Gasteiger partial charge on any atom is 0.203 e. The lowest BCUT2D eigenvalue weighted by atomic mass is 10.1. The minimum Gasteiger partial charge on any atom is -0.356 e. The summed E-state index contributed by atoms with van der Waals surface area (Å²) in [5.74, 6) is 0.790. The lowest BCUT2D eigenvalue weighted by molar-refractivity contribution is 0.111. The molecule has 4 nitrogen and oxygen atoms in total. The SMILES string of the molecule is O=Cc1c(-c2cccc(Br)c2)nc2n1CCCN2. The van der Waals surface area contributed by atoms with E-state index in [0.29, 0.717) is 5.69 Å². The molecule has 1 aliphatic heterocycles. The molecule has 0 amide bonds. The second-order valence-corrected chi connectivity index (χ2v) is 5.15. The Labute approximate surface area is 113 Å². The molecule has 2 heterocycles. The highest BCUT2D eigenvalue weighted by atomic mass is 79.9. The van der Waals surface area contributed by atoms with Crippen molar-refractivity contribution >= 4 is 28.2 Å². The van der Waals surface area contributed by atoms with E-state index in [1.54, 1.807) is 0 Å². The summed E-state index contributed by atoms with van der Waals surface area (Å²) in [6, 6.07) is 7.84. The Morgan fingerprint density at radius 3 is 3.11 bits per heavy atom. The van der Waals surface area contributed by atoms with Gasteiger partial charge in [-0.05, 0) is 18.6 Å². The second kappa shape index (κ2) is 4.57. The average Bonchev–Trinajstić information content (AvgIpc) is 2.77. The highest BCUT2D eigenvalue weighted by molar-refractivity contribution is 9.10. The summed E-state index contributed by atoms with van der Waals surface area (Å²) in [6.45, 7) is 1.75. The standard InChI is InChI=1S/C13H12BrN3O/c14-10-4-1-3-9(7-10)12-11(8-18)17-6-2-5-15-13(17)16-12/h1,3-4,7-8H,2,5-6H2,(H,15,16). The van der Waals surface area contributed by atoms with E-state index in [4.69, 9.17) is 0 Å². The highest BCUT2D eigenvalue weighted by Crippen LogP contribution is 2.28. The van der Waals surface area contributed by atoms with Crippen LogP contribution in [0.4, 0.5) is 5.95 Å². The van der Waals surface area contributed by atoms with Crippen LogP contribution in [0.25, 0.3) is 11.3 Å². The second-order valence-electron chi connectivity index (χ2n) is 4.23. The number of rotatable bonds is 2. The van der Waals surface area contributed by atoms with Gasteiger partial charge in [0.15, 0.2) is 6.29 Å². The number of aromatic nitrogens is 2. The number of carbonyl (C=O) groups is 1. The first kappa shape index (κ1) is 11.5. The summed E-state index contributed by atoms with van der Waals surface area (Å²) >= 11 is 3.44. The molecule has 0 radical (unpaired) electrons. The zero-order valence-electron chi connectivity index (χ0n) is 9.69. The molecule has 2 aromatic rings. The van der Waals surface area contributed by atoms with Crippen LogP contribution in [-0.2, 0) is 6.54 Å². The number of nitrogens with zero attached hydrogens (tertiary/aromatic N) is 2. The van der Waals surface area contributed by atoms with E-state index in [1.807, 2.05) is 28.8 Å². The van der Waals surface area contributed by atoms with E-state index in [9.17, 15) is 4.79 Å². The molecule has 92 valence electrons. The van der Waals surface area contributed by atoms with Gasteiger partial charge in [-0.15, -0.1) is 0 Å². The Hall–Kier alpha value is -1.62. The lowest BCUT2D eigenvalue weighted by Gasteiger charge is -2.15. The van der Waals surface area contributed by atoms with E-state index in [1.165, 1.54) is 0 Å². The Morgan fingerprint density at radius 2 is 2.33 bits per heavy atom. The van der Waals surface area contributed by atoms with Crippen LogP contribution >= 0.6 is 15.9 Å². The van der Waals surface area contributed by atoms with Crippen LogP contribution in [0.1, 0.15) is 16.9 Å². The van der Waals surface area contributed by atoms with Crippen LogP contribution in [0.5, 0.6) is 0 Å². The summed E-state index contributed by atoms with van der Waals surface area (Å²) in [5.41, 5.74) is 2.35. The molecule has 0 fully saturated rings. The van der Waals surface area contributed by atoms with Gasteiger partial charge >= 0.3 is 0 Å². The molecule has 0 saturated heterocycles. The number of fused-ring (bicyclic) bond motifs is 1. The van der Waals surface area contributed by atoms with Gasteiger partial charge in [0.2, 0.25) is 5.95 Å². The third kappa shape index (κ3) is 1.84. The molecule has 1 aromatic carbocycles. The van der Waals surface area contributed by atoms with E-state index in [0.717, 1.165) is 47.5 Å². The number of aldehydes is 1. The summed E-state index contributed by atoms with van der Waals surface area (Å²) in [5, 5.41) is 3.22. The number of carbonyl (C=O) groups excluding carboxylic acids is 1. The lowest BCUT2D eigenvalue weighted by Crippen LogP contribution is -2.18. The Balaban J connectivity index is 2.17. The topological polar surface area (TPSA) is 46.9 Å². The van der Waals surface area contributed by atoms with Crippen LogP contribution in [0, 0.1) is 0 Å². The van der Waals surface area contributed by atoms with E-state index < -0.39 is 0 Å². The molecule has 0 bridgehead atoms. The summed E-state index contributed by atoms with van der Waals surface area (Å²) in [4.78, 5) is 15.9. The van der Waals surface area contributed by atoms with Gasteiger partial charge in [-0.2, -0.15) is 0 Å². The average molecular weight is 306 g/mol. The quantitative estimate of drug-likeness (QED) is 0.868. The normalized spacial score (nSPS) is 13.8. The number of anilines is 1. The molecule has 0 unspecified atom stereocenters. The predicted molar refractivity (Wildman–Crippen MR) is 73.9 cm³/mol. The highest BCUT2D eigenvalue weighted by Gasteiger charge is 2.19. The van der Waals surface area contributed by atoms with Crippen molar-refractivity contribution in [3.05, 3.63) is 34.4 Å². The van der Waals surface area contributed by atoms with Crippen molar-refractivity contribution in [3.8, 4) is 11.3 Å². The zero-order chi connectivity index (χ0) is 12.5. The molecule has 1 aliphatic rings.